The molecule has 3 N–H and O–H groups in total. The minimum absolute atomic E-state index is 0.348. The zero-order chi connectivity index (χ0) is 7.56. The molecule has 0 bridgehead atoms. The molecule has 1 aliphatic heterocycles. The summed E-state index contributed by atoms with van der Waals surface area (Å²) >= 11 is 0. The molecular weight excluding hydrogens is 126 g/mol. The van der Waals surface area contributed by atoms with Gasteiger partial charge in [0, 0.05) is 25.2 Å². The van der Waals surface area contributed by atoms with E-state index >= 15 is 0 Å². The van der Waals surface area contributed by atoms with Crippen LogP contribution in [0, 0.1) is 0 Å². The summed E-state index contributed by atoms with van der Waals surface area (Å²) in [5.74, 6) is 0. The highest BCUT2D eigenvalue weighted by molar-refractivity contribution is 4.82. The van der Waals surface area contributed by atoms with Crippen LogP contribution in [-0.2, 0) is 0 Å². The second-order valence-electron chi connectivity index (χ2n) is 3.27. The molecule has 2 unspecified atom stereocenters. The lowest BCUT2D eigenvalue weighted by Gasteiger charge is -2.32. The van der Waals surface area contributed by atoms with Gasteiger partial charge in [-0.2, -0.15) is 0 Å². The molecule has 1 fully saturated rings. The van der Waals surface area contributed by atoms with Crippen molar-refractivity contribution in [3.63, 3.8) is 0 Å². The van der Waals surface area contributed by atoms with E-state index in [4.69, 9.17) is 5.73 Å². The fourth-order valence-corrected chi connectivity index (χ4v) is 1.34. The first-order valence-electron chi connectivity index (χ1n) is 3.83. The maximum atomic E-state index is 5.77. The number of nitrogens with two attached hydrogens (primary N) is 1. The minimum atomic E-state index is 0.348. The van der Waals surface area contributed by atoms with Gasteiger partial charge in [-0.05, 0) is 20.5 Å². The Bertz CT molecular complexity index is 103. The number of nitrogens with one attached hydrogen (secondary N) is 1. The van der Waals surface area contributed by atoms with Crippen LogP contribution in [0.4, 0.5) is 0 Å². The Morgan fingerprint density at radius 3 is 2.50 bits per heavy atom. The van der Waals surface area contributed by atoms with Gasteiger partial charge < -0.3 is 16.0 Å². The van der Waals surface area contributed by atoms with Crippen molar-refractivity contribution in [3.05, 3.63) is 0 Å². The highest BCUT2D eigenvalue weighted by Gasteiger charge is 2.19. The second-order valence-corrected chi connectivity index (χ2v) is 3.27. The predicted molar refractivity (Wildman–Crippen MR) is 42.9 cm³/mol. The normalized spacial score (nSPS) is 34.8. The Labute approximate surface area is 62.6 Å². The number of piperidine rings is 1. The molecule has 0 aromatic carbocycles. The fourth-order valence-electron chi connectivity index (χ4n) is 1.34. The van der Waals surface area contributed by atoms with Crippen molar-refractivity contribution < 1.29 is 0 Å². The van der Waals surface area contributed by atoms with E-state index in [0.717, 1.165) is 19.5 Å². The molecule has 1 aliphatic rings. The van der Waals surface area contributed by atoms with E-state index in [1.54, 1.807) is 0 Å². The molecule has 0 amide bonds. The molecule has 3 heteroatoms. The average Bonchev–Trinajstić information content (AvgIpc) is 1.88. The van der Waals surface area contributed by atoms with Gasteiger partial charge in [0.1, 0.15) is 0 Å². The smallest absolute Gasteiger partial charge is 0.0229 e. The van der Waals surface area contributed by atoms with Crippen LogP contribution < -0.4 is 11.1 Å². The lowest BCUT2D eigenvalue weighted by atomic mass is 10.0. The van der Waals surface area contributed by atoms with Gasteiger partial charge in [-0.3, -0.25) is 0 Å². The molecule has 2 atom stereocenters. The Hall–Kier alpha value is -0.120. The third kappa shape index (κ3) is 1.94. The van der Waals surface area contributed by atoms with Gasteiger partial charge in [0.2, 0.25) is 0 Å². The summed E-state index contributed by atoms with van der Waals surface area (Å²) in [5.41, 5.74) is 5.77. The van der Waals surface area contributed by atoms with E-state index < -0.39 is 0 Å². The van der Waals surface area contributed by atoms with E-state index in [2.05, 4.69) is 24.3 Å². The maximum Gasteiger partial charge on any atom is 0.0229 e. The van der Waals surface area contributed by atoms with Gasteiger partial charge in [0.15, 0.2) is 0 Å². The first-order chi connectivity index (χ1) is 4.70. The molecule has 0 radical (unpaired) electrons. The van der Waals surface area contributed by atoms with Crippen molar-refractivity contribution in [2.24, 2.45) is 5.73 Å². The summed E-state index contributed by atoms with van der Waals surface area (Å²) in [4.78, 5) is 2.23. The number of hydrogen-bond donors (Lipinski definition) is 2. The molecule has 3 nitrogen and oxygen atoms in total. The third-order valence-electron chi connectivity index (χ3n) is 2.09. The quantitative estimate of drug-likeness (QED) is 0.507. The second kappa shape index (κ2) is 3.32. The number of hydrogen-bond acceptors (Lipinski definition) is 3. The van der Waals surface area contributed by atoms with Gasteiger partial charge in [0.05, 0.1) is 0 Å². The van der Waals surface area contributed by atoms with Gasteiger partial charge in [-0.1, -0.05) is 0 Å². The van der Waals surface area contributed by atoms with Crippen molar-refractivity contribution in [2.75, 3.05) is 27.2 Å². The van der Waals surface area contributed by atoms with Crippen molar-refractivity contribution in [1.29, 1.82) is 0 Å². The molecule has 0 aromatic heterocycles. The first kappa shape index (κ1) is 7.98. The maximum absolute atomic E-state index is 5.77. The topological polar surface area (TPSA) is 41.3 Å². The number of rotatable bonds is 1. The van der Waals surface area contributed by atoms with Crippen molar-refractivity contribution >= 4 is 0 Å². The van der Waals surface area contributed by atoms with Crippen molar-refractivity contribution in [2.45, 2.75) is 18.5 Å². The summed E-state index contributed by atoms with van der Waals surface area (Å²) in [6, 6.07) is 0.977. The zero-order valence-electron chi connectivity index (χ0n) is 6.80. The van der Waals surface area contributed by atoms with Crippen LogP contribution in [0.1, 0.15) is 6.42 Å². The molecule has 0 saturated carbocycles. The number of nitrogens with zero attached hydrogens (tertiary/aromatic N) is 1. The van der Waals surface area contributed by atoms with Gasteiger partial charge in [0.25, 0.3) is 0 Å². The molecule has 60 valence electrons. The lowest BCUT2D eigenvalue weighted by Crippen LogP contribution is -2.51. The predicted octanol–water partition coefficient (Wildman–Crippen LogP) is -0.763. The fraction of sp³-hybridized carbons (Fsp3) is 1.00. The lowest BCUT2D eigenvalue weighted by molar-refractivity contribution is 0.227. The molecule has 0 aromatic rings. The molecule has 1 rings (SSSR count). The standard InChI is InChI=1S/C7H17N3/c1-10(2)7-3-6(8)4-9-5-7/h6-7,9H,3-5,8H2,1-2H3. The summed E-state index contributed by atoms with van der Waals surface area (Å²) < 4.78 is 0. The minimum Gasteiger partial charge on any atom is -0.326 e. The summed E-state index contributed by atoms with van der Waals surface area (Å²) in [6.07, 6.45) is 1.12. The largest absolute Gasteiger partial charge is 0.326 e. The van der Waals surface area contributed by atoms with Crippen LogP contribution in [0.3, 0.4) is 0 Å². The Kier molecular flexibility index (Phi) is 2.65. The molecular formula is C7H17N3. The van der Waals surface area contributed by atoms with Crippen LogP contribution in [0.15, 0.2) is 0 Å². The molecule has 10 heavy (non-hydrogen) atoms. The first-order valence-corrected chi connectivity index (χ1v) is 3.83. The van der Waals surface area contributed by atoms with Crippen molar-refractivity contribution in [1.82, 2.24) is 10.2 Å². The SMILES string of the molecule is CN(C)C1CNCC(N)C1. The van der Waals surface area contributed by atoms with Gasteiger partial charge >= 0.3 is 0 Å². The molecule has 1 saturated heterocycles. The third-order valence-corrected chi connectivity index (χ3v) is 2.09. The monoisotopic (exact) mass is 143 g/mol. The van der Waals surface area contributed by atoms with Crippen molar-refractivity contribution in [3.8, 4) is 0 Å². The Morgan fingerprint density at radius 1 is 1.40 bits per heavy atom. The summed E-state index contributed by atoms with van der Waals surface area (Å²) in [5, 5.41) is 3.30. The van der Waals surface area contributed by atoms with Gasteiger partial charge in [-0.25, -0.2) is 0 Å². The molecule has 0 aliphatic carbocycles. The highest BCUT2D eigenvalue weighted by Crippen LogP contribution is 2.04. The van der Waals surface area contributed by atoms with E-state index in [9.17, 15) is 0 Å². The van der Waals surface area contributed by atoms with E-state index in [1.165, 1.54) is 0 Å². The Morgan fingerprint density at radius 2 is 2.10 bits per heavy atom. The van der Waals surface area contributed by atoms with E-state index in [0.29, 0.717) is 12.1 Å². The average molecular weight is 143 g/mol. The number of likely N-dealkylation sites (N-methyl/N-ethyl adjacent to an activating group) is 1. The zero-order valence-corrected chi connectivity index (χ0v) is 6.80. The molecule has 1 heterocycles. The van der Waals surface area contributed by atoms with Crippen LogP contribution in [-0.4, -0.2) is 44.2 Å². The Balaban J connectivity index is 2.32. The van der Waals surface area contributed by atoms with Crippen LogP contribution in [0.2, 0.25) is 0 Å². The summed E-state index contributed by atoms with van der Waals surface area (Å²) in [7, 11) is 4.20. The van der Waals surface area contributed by atoms with E-state index in [1.807, 2.05) is 0 Å². The summed E-state index contributed by atoms with van der Waals surface area (Å²) in [6.45, 7) is 2.06. The van der Waals surface area contributed by atoms with Crippen LogP contribution >= 0.6 is 0 Å². The van der Waals surface area contributed by atoms with Crippen LogP contribution in [0.25, 0.3) is 0 Å². The van der Waals surface area contributed by atoms with Crippen LogP contribution in [0.5, 0.6) is 0 Å². The molecule has 0 spiro atoms. The van der Waals surface area contributed by atoms with Gasteiger partial charge in [-0.15, -0.1) is 0 Å². The highest BCUT2D eigenvalue weighted by atomic mass is 15.1. The van der Waals surface area contributed by atoms with E-state index in [-0.39, 0.29) is 0 Å².